The van der Waals surface area contributed by atoms with Gasteiger partial charge in [-0.2, -0.15) is 5.10 Å². The molecule has 2 aromatic rings. The highest BCUT2D eigenvalue weighted by atomic mass is 32.2. The summed E-state index contributed by atoms with van der Waals surface area (Å²) in [4.78, 5) is 10.8. The number of carboxylic acids is 1. The number of carbonyl (C=O) groups is 1. The van der Waals surface area contributed by atoms with Crippen molar-refractivity contribution in [3.05, 3.63) is 47.4 Å². The van der Waals surface area contributed by atoms with Crippen molar-refractivity contribution >= 4 is 17.7 Å². The molecular formula is C12H11FN2O2S. The molecule has 0 aliphatic heterocycles. The molecule has 0 fully saturated rings. The maximum Gasteiger partial charge on any atom is 0.356 e. The molecule has 0 radical (unpaired) electrons. The molecule has 2 rings (SSSR count). The molecule has 1 heterocycles. The number of aromatic nitrogens is 2. The van der Waals surface area contributed by atoms with Crippen LogP contribution in [0.25, 0.3) is 0 Å². The molecule has 0 bridgehead atoms. The van der Waals surface area contributed by atoms with E-state index >= 15 is 0 Å². The highest BCUT2D eigenvalue weighted by Gasteiger charge is 2.13. The van der Waals surface area contributed by atoms with Gasteiger partial charge in [0.05, 0.1) is 11.6 Å². The number of carboxylic acid groups (broad SMARTS) is 1. The minimum Gasteiger partial charge on any atom is -0.476 e. The third-order valence-corrected chi connectivity index (χ3v) is 3.20. The Morgan fingerprint density at radius 2 is 2.22 bits per heavy atom. The number of hydrogen-bond donors (Lipinski definition) is 1. The number of benzene rings is 1. The van der Waals surface area contributed by atoms with Crippen molar-refractivity contribution in [1.82, 2.24) is 9.78 Å². The van der Waals surface area contributed by atoms with Crippen molar-refractivity contribution in [2.75, 3.05) is 6.26 Å². The lowest BCUT2D eigenvalue weighted by Crippen LogP contribution is -2.06. The van der Waals surface area contributed by atoms with Crippen LogP contribution in [0, 0.1) is 5.82 Å². The molecule has 18 heavy (non-hydrogen) atoms. The summed E-state index contributed by atoms with van der Waals surface area (Å²) in [5.74, 6) is -1.41. The van der Waals surface area contributed by atoms with Crippen LogP contribution in [0.5, 0.6) is 0 Å². The van der Waals surface area contributed by atoms with Gasteiger partial charge in [0.1, 0.15) is 5.82 Å². The van der Waals surface area contributed by atoms with Crippen LogP contribution >= 0.6 is 11.8 Å². The third kappa shape index (κ3) is 2.53. The molecule has 0 saturated heterocycles. The van der Waals surface area contributed by atoms with Gasteiger partial charge in [0.25, 0.3) is 0 Å². The molecule has 1 aromatic heterocycles. The maximum absolute atomic E-state index is 13.5. The first-order valence-electron chi connectivity index (χ1n) is 5.20. The van der Waals surface area contributed by atoms with Gasteiger partial charge in [-0.1, -0.05) is 18.2 Å². The fourth-order valence-electron chi connectivity index (χ4n) is 1.57. The second-order valence-electron chi connectivity index (χ2n) is 3.63. The molecule has 1 aromatic carbocycles. The summed E-state index contributed by atoms with van der Waals surface area (Å²) in [5, 5.41) is 13.5. The lowest BCUT2D eigenvalue weighted by molar-refractivity contribution is 0.0689. The monoisotopic (exact) mass is 266 g/mol. The van der Waals surface area contributed by atoms with Crippen molar-refractivity contribution in [2.45, 2.75) is 11.6 Å². The third-order valence-electron chi connectivity index (χ3n) is 2.45. The van der Waals surface area contributed by atoms with Crippen molar-refractivity contribution in [2.24, 2.45) is 0 Å². The fourth-order valence-corrected chi connectivity index (χ4v) is 2.12. The predicted molar refractivity (Wildman–Crippen MR) is 66.5 cm³/mol. The van der Waals surface area contributed by atoms with E-state index in [9.17, 15) is 9.18 Å². The van der Waals surface area contributed by atoms with Gasteiger partial charge in [0, 0.05) is 11.6 Å². The molecule has 0 spiro atoms. The molecule has 0 amide bonds. The van der Waals surface area contributed by atoms with Gasteiger partial charge >= 0.3 is 5.97 Å². The Labute approximate surface area is 107 Å². The predicted octanol–water partition coefficient (Wildman–Crippen LogP) is 2.49. The van der Waals surface area contributed by atoms with Gasteiger partial charge in [-0.15, -0.1) is 11.8 Å². The highest BCUT2D eigenvalue weighted by Crippen LogP contribution is 2.18. The first-order chi connectivity index (χ1) is 8.61. The molecule has 0 aliphatic rings. The van der Waals surface area contributed by atoms with Crippen molar-refractivity contribution in [3.63, 3.8) is 0 Å². The van der Waals surface area contributed by atoms with E-state index in [4.69, 9.17) is 5.11 Å². The highest BCUT2D eigenvalue weighted by molar-refractivity contribution is 7.98. The normalized spacial score (nSPS) is 10.6. The summed E-state index contributed by atoms with van der Waals surface area (Å²) < 4.78 is 15.0. The molecule has 0 aliphatic carbocycles. The molecule has 0 unspecified atom stereocenters. The van der Waals surface area contributed by atoms with Crippen molar-refractivity contribution in [3.8, 4) is 0 Å². The largest absolute Gasteiger partial charge is 0.476 e. The second kappa shape index (κ2) is 5.22. The molecule has 4 nitrogen and oxygen atoms in total. The Bertz CT molecular complexity index is 583. The van der Waals surface area contributed by atoms with Crippen LogP contribution < -0.4 is 0 Å². The summed E-state index contributed by atoms with van der Waals surface area (Å²) in [6, 6.07) is 7.85. The van der Waals surface area contributed by atoms with Crippen LogP contribution in [0.1, 0.15) is 16.1 Å². The van der Waals surface area contributed by atoms with E-state index in [-0.39, 0.29) is 18.1 Å². The second-order valence-corrected chi connectivity index (χ2v) is 4.45. The van der Waals surface area contributed by atoms with Crippen LogP contribution in [0.3, 0.4) is 0 Å². The Morgan fingerprint density at radius 3 is 2.83 bits per heavy atom. The summed E-state index contributed by atoms with van der Waals surface area (Å²) in [6.07, 6.45) is 1.82. The number of aromatic carboxylic acids is 1. The number of halogens is 1. The number of hydrogen-bond acceptors (Lipinski definition) is 3. The topological polar surface area (TPSA) is 55.1 Å². The Morgan fingerprint density at radius 1 is 1.50 bits per heavy atom. The van der Waals surface area contributed by atoms with Gasteiger partial charge in [-0.25, -0.2) is 9.18 Å². The fraction of sp³-hybridized carbons (Fsp3) is 0.167. The van der Waals surface area contributed by atoms with E-state index in [0.29, 0.717) is 10.6 Å². The number of rotatable bonds is 4. The average Bonchev–Trinajstić information content (AvgIpc) is 2.75. The van der Waals surface area contributed by atoms with Crippen LogP contribution in [0.4, 0.5) is 4.39 Å². The smallest absolute Gasteiger partial charge is 0.356 e. The Hall–Kier alpha value is -1.82. The van der Waals surface area contributed by atoms with E-state index in [2.05, 4.69) is 5.10 Å². The van der Waals surface area contributed by atoms with Gasteiger partial charge in [-0.3, -0.25) is 4.68 Å². The molecule has 0 saturated carbocycles. The first kappa shape index (κ1) is 12.6. The van der Waals surface area contributed by atoms with Crippen LogP contribution in [-0.2, 0) is 6.54 Å². The molecular weight excluding hydrogens is 255 g/mol. The minimum atomic E-state index is -1.09. The minimum absolute atomic E-state index is 0.0318. The van der Waals surface area contributed by atoms with Crippen LogP contribution in [-0.4, -0.2) is 27.1 Å². The standard InChI is InChI=1S/C12H11FN2O2S/c1-18-11-6-10(12(16)17)14-15(11)7-8-4-2-3-5-9(8)13/h2-6H,7H2,1H3,(H,16,17). The summed E-state index contributed by atoms with van der Waals surface area (Å²) >= 11 is 1.37. The summed E-state index contributed by atoms with van der Waals surface area (Å²) in [5.41, 5.74) is 0.448. The van der Waals surface area contributed by atoms with E-state index in [0.717, 1.165) is 0 Å². The zero-order valence-corrected chi connectivity index (χ0v) is 10.4. The summed E-state index contributed by atoms with van der Waals surface area (Å²) in [7, 11) is 0. The Balaban J connectivity index is 2.34. The Kier molecular flexibility index (Phi) is 3.66. The van der Waals surface area contributed by atoms with E-state index in [1.165, 1.54) is 28.6 Å². The van der Waals surface area contributed by atoms with Crippen LogP contribution in [0.2, 0.25) is 0 Å². The van der Waals surface area contributed by atoms with Gasteiger partial charge in [0.2, 0.25) is 0 Å². The molecule has 94 valence electrons. The molecule has 6 heteroatoms. The van der Waals surface area contributed by atoms with Gasteiger partial charge < -0.3 is 5.11 Å². The van der Waals surface area contributed by atoms with Crippen molar-refractivity contribution < 1.29 is 14.3 Å². The lowest BCUT2D eigenvalue weighted by Gasteiger charge is -2.06. The van der Waals surface area contributed by atoms with E-state index in [1.807, 2.05) is 6.26 Å². The van der Waals surface area contributed by atoms with E-state index < -0.39 is 5.97 Å². The number of nitrogens with zero attached hydrogens (tertiary/aromatic N) is 2. The van der Waals surface area contributed by atoms with E-state index in [1.54, 1.807) is 18.2 Å². The zero-order valence-electron chi connectivity index (χ0n) is 9.63. The van der Waals surface area contributed by atoms with Crippen molar-refractivity contribution in [1.29, 1.82) is 0 Å². The average molecular weight is 266 g/mol. The number of thioether (sulfide) groups is 1. The van der Waals surface area contributed by atoms with Crippen LogP contribution in [0.15, 0.2) is 35.4 Å². The SMILES string of the molecule is CSc1cc(C(=O)O)nn1Cc1ccccc1F. The van der Waals surface area contributed by atoms with Gasteiger partial charge in [-0.05, 0) is 12.3 Å². The summed E-state index contributed by atoms with van der Waals surface area (Å²) in [6.45, 7) is 0.218. The maximum atomic E-state index is 13.5. The first-order valence-corrected chi connectivity index (χ1v) is 6.43. The van der Waals surface area contributed by atoms with Gasteiger partial charge in [0.15, 0.2) is 5.69 Å². The molecule has 0 atom stereocenters. The zero-order chi connectivity index (χ0) is 13.1. The quantitative estimate of drug-likeness (QED) is 0.864. The lowest BCUT2D eigenvalue weighted by atomic mass is 10.2. The molecule has 1 N–H and O–H groups in total.